The number of benzene rings is 2. The fourth-order valence-electron chi connectivity index (χ4n) is 5.27. The van der Waals surface area contributed by atoms with Crippen LogP contribution in [0.1, 0.15) is 66.5 Å². The van der Waals surface area contributed by atoms with Crippen LogP contribution in [0.5, 0.6) is 0 Å². The van der Waals surface area contributed by atoms with Gasteiger partial charge in [0.2, 0.25) is 21.8 Å². The molecular weight excluding hydrogens is 647 g/mol. The minimum absolute atomic E-state index is 0.118. The van der Waals surface area contributed by atoms with Crippen LogP contribution in [-0.2, 0) is 35.6 Å². The Kier molecular flexibility index (Phi) is 13.5. The molecule has 3 atom stereocenters. The molecule has 0 aliphatic rings. The molecule has 12 heteroatoms. The predicted molar refractivity (Wildman–Crippen MR) is 186 cm³/mol. The van der Waals surface area contributed by atoms with Gasteiger partial charge in [-0.2, -0.15) is 0 Å². The van der Waals surface area contributed by atoms with Crippen LogP contribution in [0.3, 0.4) is 0 Å². The second-order valence-electron chi connectivity index (χ2n) is 13.6. The number of hydrogen-bond donors (Lipinski definition) is 3. The molecule has 0 radical (unpaired) electrons. The topological polar surface area (TPSA) is 125 Å². The molecule has 0 fully saturated rings. The van der Waals surface area contributed by atoms with Gasteiger partial charge in [-0.05, 0) is 48.6 Å². The SMILES string of the molecule is CNC(C(=O)NC(C(=O)N(C)C(/C=C(\C)C(=O)NS(=O)(=O)Cc1ccc(Cl)c(Cl)c1)C(C)C)C(C)(C)C)C(C)(C)c1ccccc1. The van der Waals surface area contributed by atoms with Crippen LogP contribution in [0.4, 0.5) is 0 Å². The van der Waals surface area contributed by atoms with Gasteiger partial charge in [0.25, 0.3) is 5.91 Å². The summed E-state index contributed by atoms with van der Waals surface area (Å²) in [6.45, 7) is 14.8. The highest BCUT2D eigenvalue weighted by Crippen LogP contribution is 2.29. The molecule has 0 bridgehead atoms. The molecule has 0 saturated heterocycles. The Morgan fingerprint density at radius 3 is 2.02 bits per heavy atom. The van der Waals surface area contributed by atoms with E-state index >= 15 is 0 Å². The van der Waals surface area contributed by atoms with Gasteiger partial charge in [0, 0.05) is 18.0 Å². The lowest BCUT2D eigenvalue weighted by Crippen LogP contribution is -2.61. The van der Waals surface area contributed by atoms with Crippen LogP contribution in [-0.4, -0.2) is 63.3 Å². The number of carbonyl (C=O) groups excluding carboxylic acids is 3. The Hall–Kier alpha value is -2.92. The first-order valence-electron chi connectivity index (χ1n) is 15.1. The summed E-state index contributed by atoms with van der Waals surface area (Å²) in [4.78, 5) is 42.4. The lowest BCUT2D eigenvalue weighted by Gasteiger charge is -2.40. The molecular formula is C34H48Cl2N4O5S. The summed E-state index contributed by atoms with van der Waals surface area (Å²) in [6, 6.07) is 12.0. The van der Waals surface area contributed by atoms with Gasteiger partial charge in [0.1, 0.15) is 6.04 Å². The van der Waals surface area contributed by atoms with Crippen molar-refractivity contribution in [2.24, 2.45) is 11.3 Å². The van der Waals surface area contributed by atoms with Gasteiger partial charge in [-0.1, -0.05) is 114 Å². The number of halogens is 2. The number of amides is 3. The van der Waals surface area contributed by atoms with Gasteiger partial charge >= 0.3 is 0 Å². The number of sulfonamides is 1. The van der Waals surface area contributed by atoms with Gasteiger partial charge in [-0.25, -0.2) is 13.1 Å². The van der Waals surface area contributed by atoms with E-state index in [1.807, 2.05) is 78.8 Å². The number of hydrogen-bond acceptors (Lipinski definition) is 6. The van der Waals surface area contributed by atoms with E-state index < -0.39 is 50.6 Å². The average molecular weight is 696 g/mol. The molecule has 254 valence electrons. The third-order valence-electron chi connectivity index (χ3n) is 8.04. The van der Waals surface area contributed by atoms with Crippen molar-refractivity contribution in [3.8, 4) is 0 Å². The van der Waals surface area contributed by atoms with Gasteiger partial charge in [0.15, 0.2) is 0 Å². The molecule has 9 nitrogen and oxygen atoms in total. The number of nitrogens with one attached hydrogen (secondary N) is 3. The van der Waals surface area contributed by atoms with Crippen LogP contribution in [0.15, 0.2) is 60.2 Å². The molecule has 0 aromatic heterocycles. The zero-order valence-corrected chi connectivity index (χ0v) is 30.7. The summed E-state index contributed by atoms with van der Waals surface area (Å²) in [5, 5.41) is 6.63. The van der Waals surface area contributed by atoms with E-state index in [-0.39, 0.29) is 33.4 Å². The van der Waals surface area contributed by atoms with E-state index in [4.69, 9.17) is 23.2 Å². The molecule has 0 saturated carbocycles. The first kappa shape index (κ1) is 39.3. The Morgan fingerprint density at radius 1 is 0.935 bits per heavy atom. The Bertz CT molecular complexity index is 1540. The Balaban J connectivity index is 2.29. The van der Waals surface area contributed by atoms with E-state index in [1.165, 1.54) is 30.0 Å². The second kappa shape index (κ2) is 15.8. The fourth-order valence-corrected chi connectivity index (χ4v) is 6.72. The summed E-state index contributed by atoms with van der Waals surface area (Å²) >= 11 is 11.9. The van der Waals surface area contributed by atoms with E-state index in [1.54, 1.807) is 20.2 Å². The van der Waals surface area contributed by atoms with Crippen LogP contribution in [0.25, 0.3) is 0 Å². The maximum atomic E-state index is 14.1. The molecule has 2 aromatic rings. The first-order chi connectivity index (χ1) is 21.1. The summed E-state index contributed by atoms with van der Waals surface area (Å²) < 4.78 is 27.6. The maximum absolute atomic E-state index is 14.1. The minimum atomic E-state index is -4.07. The Morgan fingerprint density at radius 2 is 1.52 bits per heavy atom. The second-order valence-corrected chi connectivity index (χ2v) is 16.1. The highest BCUT2D eigenvalue weighted by molar-refractivity contribution is 7.89. The van der Waals surface area contributed by atoms with Crippen LogP contribution in [0.2, 0.25) is 10.0 Å². The number of likely N-dealkylation sites (N-methyl/N-ethyl adjacent to an activating group) is 2. The van der Waals surface area contributed by atoms with Crippen molar-refractivity contribution in [2.75, 3.05) is 14.1 Å². The zero-order valence-electron chi connectivity index (χ0n) is 28.4. The molecule has 3 unspecified atom stereocenters. The Labute approximate surface area is 284 Å². The third kappa shape index (κ3) is 10.3. The molecule has 0 aliphatic carbocycles. The van der Waals surface area contributed by atoms with Gasteiger partial charge in [0.05, 0.1) is 27.9 Å². The van der Waals surface area contributed by atoms with E-state index in [0.717, 1.165) is 5.56 Å². The lowest BCUT2D eigenvalue weighted by molar-refractivity contribution is -0.140. The first-order valence-corrected chi connectivity index (χ1v) is 17.5. The normalized spacial score (nSPS) is 14.8. The minimum Gasteiger partial charge on any atom is -0.342 e. The van der Waals surface area contributed by atoms with E-state index in [9.17, 15) is 22.8 Å². The van der Waals surface area contributed by atoms with Gasteiger partial charge in [-0.15, -0.1) is 0 Å². The van der Waals surface area contributed by atoms with Crippen molar-refractivity contribution in [3.05, 3.63) is 81.4 Å². The molecule has 0 heterocycles. The predicted octanol–water partition coefficient (Wildman–Crippen LogP) is 5.47. The number of rotatable bonds is 13. The standard InChI is InChI=1S/C34H48Cl2N4O5S/c1-21(2)27(18-22(3)30(41)39-46(44,45)20-23-16-17-25(35)26(36)19-23)40(10)32(43)29(33(4,5)6)38-31(42)28(37-9)34(7,8)24-14-12-11-13-15-24/h11-19,21,27-29,37H,20H2,1-10H3,(H,38,42)(H,39,41)/b22-18+. The largest absolute Gasteiger partial charge is 0.342 e. The molecule has 3 amide bonds. The molecule has 0 aliphatic heterocycles. The smallest absolute Gasteiger partial charge is 0.260 e. The summed E-state index contributed by atoms with van der Waals surface area (Å²) in [6.07, 6.45) is 1.57. The zero-order chi connectivity index (χ0) is 35.2. The monoisotopic (exact) mass is 694 g/mol. The van der Waals surface area contributed by atoms with Crippen LogP contribution in [0, 0.1) is 11.3 Å². The van der Waals surface area contributed by atoms with Crippen molar-refractivity contribution in [3.63, 3.8) is 0 Å². The molecule has 3 N–H and O–H groups in total. The highest BCUT2D eigenvalue weighted by atomic mass is 35.5. The van der Waals surface area contributed by atoms with Crippen LogP contribution >= 0.6 is 23.2 Å². The molecule has 0 spiro atoms. The number of carbonyl (C=O) groups is 3. The summed E-state index contributed by atoms with van der Waals surface area (Å²) in [5.41, 5.74) is 0.201. The van der Waals surface area contributed by atoms with Crippen molar-refractivity contribution < 1.29 is 22.8 Å². The maximum Gasteiger partial charge on any atom is 0.260 e. The molecule has 2 rings (SSSR count). The van der Waals surface area contributed by atoms with Crippen molar-refractivity contribution in [1.82, 2.24) is 20.3 Å². The average Bonchev–Trinajstić information content (AvgIpc) is 2.95. The molecule has 2 aromatic carbocycles. The summed E-state index contributed by atoms with van der Waals surface area (Å²) in [5.74, 6) is -2.10. The fraction of sp³-hybridized carbons (Fsp3) is 0.500. The van der Waals surface area contributed by atoms with Crippen molar-refractivity contribution in [2.45, 2.75) is 84.7 Å². The molecule has 46 heavy (non-hydrogen) atoms. The highest BCUT2D eigenvalue weighted by Gasteiger charge is 2.41. The third-order valence-corrected chi connectivity index (χ3v) is 9.98. The lowest BCUT2D eigenvalue weighted by atomic mass is 9.76. The van der Waals surface area contributed by atoms with Crippen LogP contribution < -0.4 is 15.4 Å². The van der Waals surface area contributed by atoms with E-state index in [0.29, 0.717) is 5.56 Å². The van der Waals surface area contributed by atoms with Crippen molar-refractivity contribution >= 4 is 50.9 Å². The van der Waals surface area contributed by atoms with Gasteiger partial charge < -0.3 is 15.5 Å². The van der Waals surface area contributed by atoms with Crippen molar-refractivity contribution in [1.29, 1.82) is 0 Å². The van der Waals surface area contributed by atoms with Gasteiger partial charge in [-0.3, -0.25) is 14.4 Å². The van der Waals surface area contributed by atoms with E-state index in [2.05, 4.69) is 15.4 Å². The number of nitrogens with zero attached hydrogens (tertiary/aromatic N) is 1. The quantitative estimate of drug-likeness (QED) is 0.239. The summed E-state index contributed by atoms with van der Waals surface area (Å²) in [7, 11) is -0.736.